The zero-order chi connectivity index (χ0) is 14.5. The van der Waals surface area contributed by atoms with Crippen molar-refractivity contribution in [3.8, 4) is 0 Å². The monoisotopic (exact) mass is 273 g/mol. The highest BCUT2D eigenvalue weighted by atomic mass is 16.5. The van der Waals surface area contributed by atoms with Gasteiger partial charge in [0.05, 0.1) is 11.2 Å². The summed E-state index contributed by atoms with van der Waals surface area (Å²) in [6.45, 7) is 8.94. The minimum absolute atomic E-state index is 0.00741. The van der Waals surface area contributed by atoms with Crippen molar-refractivity contribution >= 4 is 0 Å². The second-order valence-corrected chi connectivity index (χ2v) is 7.60. The zero-order valence-corrected chi connectivity index (χ0v) is 13.4. The highest BCUT2D eigenvalue weighted by molar-refractivity contribution is 5.41. The molecule has 1 aromatic rings. The average Bonchev–Trinajstić information content (AvgIpc) is 2.54. The molecular formula is C18H27NO. The van der Waals surface area contributed by atoms with Gasteiger partial charge in [0.2, 0.25) is 0 Å². The van der Waals surface area contributed by atoms with Crippen molar-refractivity contribution < 1.29 is 4.74 Å². The van der Waals surface area contributed by atoms with E-state index < -0.39 is 0 Å². The Labute approximate surface area is 122 Å². The minimum atomic E-state index is -0.0539. The molecule has 1 saturated heterocycles. The Bertz CT molecular complexity index is 506. The first-order valence-corrected chi connectivity index (χ1v) is 7.79. The predicted octanol–water partition coefficient (Wildman–Crippen LogP) is 3.51. The lowest BCUT2D eigenvalue weighted by Gasteiger charge is -2.42. The second kappa shape index (κ2) is 4.57. The van der Waals surface area contributed by atoms with Crippen LogP contribution in [0.1, 0.15) is 51.2 Å². The average molecular weight is 273 g/mol. The van der Waals surface area contributed by atoms with Gasteiger partial charge in [-0.05, 0) is 58.7 Å². The fraction of sp³-hybridized carbons (Fsp3) is 0.667. The van der Waals surface area contributed by atoms with E-state index in [-0.39, 0.29) is 11.2 Å². The molecule has 2 heteroatoms. The van der Waals surface area contributed by atoms with Crippen LogP contribution in [-0.2, 0) is 11.2 Å². The van der Waals surface area contributed by atoms with Crippen molar-refractivity contribution in [2.24, 2.45) is 5.92 Å². The molecule has 2 aliphatic rings. The third kappa shape index (κ3) is 2.19. The van der Waals surface area contributed by atoms with Crippen LogP contribution in [0.3, 0.4) is 0 Å². The molecule has 0 saturated carbocycles. The Morgan fingerprint density at radius 2 is 1.90 bits per heavy atom. The summed E-state index contributed by atoms with van der Waals surface area (Å²) in [7, 11) is 2.10. The number of rotatable bonds is 3. The smallest absolute Gasteiger partial charge is 0.0677 e. The van der Waals surface area contributed by atoms with E-state index in [9.17, 15) is 0 Å². The molecule has 1 heterocycles. The summed E-state index contributed by atoms with van der Waals surface area (Å²) in [5.74, 6) is 1.19. The molecule has 3 rings (SSSR count). The van der Waals surface area contributed by atoms with Crippen molar-refractivity contribution in [2.75, 3.05) is 7.05 Å². The van der Waals surface area contributed by atoms with Crippen LogP contribution in [0.25, 0.3) is 0 Å². The third-order valence-corrected chi connectivity index (χ3v) is 5.24. The van der Waals surface area contributed by atoms with Gasteiger partial charge in [0.1, 0.15) is 0 Å². The van der Waals surface area contributed by atoms with Crippen molar-refractivity contribution in [1.29, 1.82) is 0 Å². The van der Waals surface area contributed by atoms with Gasteiger partial charge in [0, 0.05) is 17.9 Å². The maximum absolute atomic E-state index is 6.30. The van der Waals surface area contributed by atoms with Gasteiger partial charge in [-0.25, -0.2) is 0 Å². The molecule has 0 radical (unpaired) electrons. The number of hydrogen-bond acceptors (Lipinski definition) is 2. The van der Waals surface area contributed by atoms with E-state index in [0.29, 0.717) is 17.9 Å². The van der Waals surface area contributed by atoms with Crippen LogP contribution in [-0.4, -0.2) is 24.3 Å². The standard InChI is InChI=1S/C18H27NO/c1-17(2)11-15(18(3,4)20-17)16(19-5)14-10-12-8-6-7-9-13(12)14/h6-9,14-16,19H,10-11H2,1-5H3. The number of fused-ring (bicyclic) bond motifs is 1. The molecule has 110 valence electrons. The highest BCUT2D eigenvalue weighted by Gasteiger charge is 2.51. The Kier molecular flexibility index (Phi) is 3.22. The van der Waals surface area contributed by atoms with Gasteiger partial charge in [0.25, 0.3) is 0 Å². The molecule has 0 spiro atoms. The number of hydrogen-bond donors (Lipinski definition) is 1. The molecule has 1 fully saturated rings. The first kappa shape index (κ1) is 14.1. The zero-order valence-electron chi connectivity index (χ0n) is 13.4. The lowest BCUT2D eigenvalue weighted by molar-refractivity contribution is -0.0785. The van der Waals surface area contributed by atoms with Gasteiger partial charge < -0.3 is 10.1 Å². The molecule has 1 aliphatic carbocycles. The van der Waals surface area contributed by atoms with Gasteiger partial charge in [-0.2, -0.15) is 0 Å². The van der Waals surface area contributed by atoms with Gasteiger partial charge >= 0.3 is 0 Å². The van der Waals surface area contributed by atoms with E-state index in [2.05, 4.69) is 64.3 Å². The van der Waals surface area contributed by atoms with Gasteiger partial charge in [-0.15, -0.1) is 0 Å². The normalized spacial score (nSPS) is 31.4. The second-order valence-electron chi connectivity index (χ2n) is 7.60. The molecule has 2 nitrogen and oxygen atoms in total. The lowest BCUT2D eigenvalue weighted by Crippen LogP contribution is -2.49. The first-order valence-electron chi connectivity index (χ1n) is 7.79. The number of ether oxygens (including phenoxy) is 1. The third-order valence-electron chi connectivity index (χ3n) is 5.24. The molecule has 0 amide bonds. The fourth-order valence-electron chi connectivity index (χ4n) is 4.47. The predicted molar refractivity (Wildman–Crippen MR) is 83.1 cm³/mol. The number of likely N-dealkylation sites (N-methyl/N-ethyl adjacent to an activating group) is 1. The Morgan fingerprint density at radius 3 is 2.45 bits per heavy atom. The topological polar surface area (TPSA) is 21.3 Å². The van der Waals surface area contributed by atoms with Gasteiger partial charge in [-0.1, -0.05) is 24.3 Å². The Hall–Kier alpha value is -0.860. The molecule has 0 bridgehead atoms. The summed E-state index contributed by atoms with van der Waals surface area (Å²) in [6, 6.07) is 9.37. The number of benzene rings is 1. The highest BCUT2D eigenvalue weighted by Crippen LogP contribution is 2.49. The maximum atomic E-state index is 6.30. The van der Waals surface area contributed by atoms with E-state index in [0.717, 1.165) is 6.42 Å². The molecule has 1 aromatic carbocycles. The van der Waals surface area contributed by atoms with Crippen molar-refractivity contribution in [2.45, 2.75) is 63.7 Å². The lowest BCUT2D eigenvalue weighted by atomic mass is 9.66. The quantitative estimate of drug-likeness (QED) is 0.910. The van der Waals surface area contributed by atoms with Crippen molar-refractivity contribution in [3.05, 3.63) is 35.4 Å². The van der Waals surface area contributed by atoms with E-state index in [1.54, 1.807) is 0 Å². The van der Waals surface area contributed by atoms with Crippen LogP contribution in [0.2, 0.25) is 0 Å². The van der Waals surface area contributed by atoms with Crippen LogP contribution in [0.15, 0.2) is 24.3 Å². The molecule has 1 aliphatic heterocycles. The summed E-state index contributed by atoms with van der Waals surface area (Å²) in [6.07, 6.45) is 2.33. The maximum Gasteiger partial charge on any atom is 0.0677 e. The Balaban J connectivity index is 1.86. The molecule has 20 heavy (non-hydrogen) atoms. The van der Waals surface area contributed by atoms with E-state index in [1.165, 1.54) is 17.5 Å². The summed E-state index contributed by atoms with van der Waals surface area (Å²) < 4.78 is 6.30. The fourth-order valence-corrected chi connectivity index (χ4v) is 4.47. The number of nitrogens with one attached hydrogen (secondary N) is 1. The van der Waals surface area contributed by atoms with Crippen LogP contribution >= 0.6 is 0 Å². The molecule has 0 aromatic heterocycles. The largest absolute Gasteiger partial charge is 0.369 e. The van der Waals surface area contributed by atoms with Crippen LogP contribution in [0.4, 0.5) is 0 Å². The van der Waals surface area contributed by atoms with E-state index in [1.807, 2.05) is 0 Å². The summed E-state index contributed by atoms with van der Waals surface area (Å²) in [4.78, 5) is 0. The van der Waals surface area contributed by atoms with Gasteiger partial charge in [0.15, 0.2) is 0 Å². The van der Waals surface area contributed by atoms with Crippen LogP contribution in [0.5, 0.6) is 0 Å². The van der Waals surface area contributed by atoms with Crippen LogP contribution < -0.4 is 5.32 Å². The molecule has 3 unspecified atom stereocenters. The van der Waals surface area contributed by atoms with E-state index in [4.69, 9.17) is 4.74 Å². The summed E-state index contributed by atoms with van der Waals surface area (Å²) >= 11 is 0. The SMILES string of the molecule is CNC(C1Cc2ccccc21)C1CC(C)(C)OC1(C)C. The summed E-state index contributed by atoms with van der Waals surface area (Å²) in [5, 5.41) is 3.60. The molecular weight excluding hydrogens is 246 g/mol. The van der Waals surface area contributed by atoms with Gasteiger partial charge in [-0.3, -0.25) is 0 Å². The van der Waals surface area contributed by atoms with E-state index >= 15 is 0 Å². The first-order chi connectivity index (χ1) is 9.34. The van der Waals surface area contributed by atoms with Crippen LogP contribution in [0, 0.1) is 5.92 Å². The molecule has 1 N–H and O–H groups in total. The Morgan fingerprint density at radius 1 is 1.20 bits per heavy atom. The minimum Gasteiger partial charge on any atom is -0.369 e. The van der Waals surface area contributed by atoms with Crippen molar-refractivity contribution in [3.63, 3.8) is 0 Å². The summed E-state index contributed by atoms with van der Waals surface area (Å²) in [5.41, 5.74) is 3.00. The van der Waals surface area contributed by atoms with Crippen molar-refractivity contribution in [1.82, 2.24) is 5.32 Å². The molecule has 3 atom stereocenters.